The number of nitrogens with zero attached hydrogens (tertiary/aromatic N) is 2. The predicted octanol–water partition coefficient (Wildman–Crippen LogP) is -0.463. The average molecular weight is 237 g/mol. The number of ether oxygens (including phenoxy) is 1. The highest BCUT2D eigenvalue weighted by Gasteiger charge is 2.41. The standard InChI is InChI=1S/C10H11N3O4/c14-7-3-5(9(15)16)8(12-7)6-4-11-10-13(6)1-2-17-10/h4-5,8H,1-3H2,(H,12,14)(H,15,16). The van der Waals surface area contributed by atoms with Crippen LogP contribution in [0.25, 0.3) is 0 Å². The molecule has 0 radical (unpaired) electrons. The number of hydrogen-bond acceptors (Lipinski definition) is 4. The number of carboxylic acid groups (broad SMARTS) is 1. The summed E-state index contributed by atoms with van der Waals surface area (Å²) < 4.78 is 7.06. The Morgan fingerprint density at radius 1 is 1.65 bits per heavy atom. The Hall–Kier alpha value is -2.05. The number of carbonyl (C=O) groups excluding carboxylic acids is 1. The van der Waals surface area contributed by atoms with Gasteiger partial charge >= 0.3 is 5.97 Å². The number of amides is 1. The van der Waals surface area contributed by atoms with Gasteiger partial charge in [0, 0.05) is 6.42 Å². The lowest BCUT2D eigenvalue weighted by Crippen LogP contribution is -2.26. The highest BCUT2D eigenvalue weighted by molar-refractivity contribution is 5.87. The van der Waals surface area contributed by atoms with Gasteiger partial charge in [0.25, 0.3) is 6.01 Å². The van der Waals surface area contributed by atoms with E-state index in [1.165, 1.54) is 0 Å². The lowest BCUT2D eigenvalue weighted by Gasteiger charge is -2.15. The van der Waals surface area contributed by atoms with Crippen LogP contribution < -0.4 is 10.1 Å². The fraction of sp³-hybridized carbons (Fsp3) is 0.500. The summed E-state index contributed by atoms with van der Waals surface area (Å²) in [5.41, 5.74) is 0.704. The Morgan fingerprint density at radius 2 is 2.47 bits per heavy atom. The summed E-state index contributed by atoms with van der Waals surface area (Å²) in [4.78, 5) is 26.5. The van der Waals surface area contributed by atoms with Crippen molar-refractivity contribution in [2.24, 2.45) is 5.92 Å². The van der Waals surface area contributed by atoms with E-state index in [0.717, 1.165) is 0 Å². The number of nitrogens with one attached hydrogen (secondary N) is 1. The van der Waals surface area contributed by atoms with Crippen molar-refractivity contribution in [1.82, 2.24) is 14.9 Å². The van der Waals surface area contributed by atoms with Crippen molar-refractivity contribution in [3.05, 3.63) is 11.9 Å². The number of hydrogen-bond donors (Lipinski definition) is 2. The lowest BCUT2D eigenvalue weighted by atomic mass is 9.98. The molecule has 2 atom stereocenters. The zero-order valence-electron chi connectivity index (χ0n) is 8.92. The molecule has 17 heavy (non-hydrogen) atoms. The predicted molar refractivity (Wildman–Crippen MR) is 54.3 cm³/mol. The van der Waals surface area contributed by atoms with Crippen molar-refractivity contribution >= 4 is 11.9 Å². The third kappa shape index (κ3) is 1.46. The van der Waals surface area contributed by atoms with E-state index < -0.39 is 17.9 Å². The monoisotopic (exact) mass is 237 g/mol. The molecule has 90 valence electrons. The van der Waals surface area contributed by atoms with Gasteiger partial charge in [-0.25, -0.2) is 4.98 Å². The maximum absolute atomic E-state index is 11.3. The molecule has 0 saturated carbocycles. The molecule has 2 N–H and O–H groups in total. The summed E-state index contributed by atoms with van der Waals surface area (Å²) in [5, 5.41) is 11.8. The van der Waals surface area contributed by atoms with Gasteiger partial charge in [-0.05, 0) is 0 Å². The second-order valence-corrected chi connectivity index (χ2v) is 4.16. The topological polar surface area (TPSA) is 93.5 Å². The molecule has 7 nitrogen and oxygen atoms in total. The molecule has 0 aromatic carbocycles. The Morgan fingerprint density at radius 3 is 3.24 bits per heavy atom. The molecule has 0 spiro atoms. The third-order valence-corrected chi connectivity index (χ3v) is 3.16. The molecule has 1 aromatic rings. The van der Waals surface area contributed by atoms with Crippen LogP contribution in [-0.2, 0) is 16.1 Å². The number of aromatic nitrogens is 2. The van der Waals surface area contributed by atoms with Gasteiger partial charge in [-0.2, -0.15) is 0 Å². The first kappa shape index (κ1) is 10.1. The maximum atomic E-state index is 11.3. The van der Waals surface area contributed by atoms with Gasteiger partial charge in [0.1, 0.15) is 6.61 Å². The summed E-state index contributed by atoms with van der Waals surface area (Å²) in [6.45, 7) is 1.18. The molecule has 3 rings (SSSR count). The number of imidazole rings is 1. The minimum atomic E-state index is -0.970. The molecule has 2 aliphatic rings. The quantitative estimate of drug-likeness (QED) is 0.725. The zero-order chi connectivity index (χ0) is 12.0. The van der Waals surface area contributed by atoms with Crippen LogP contribution in [0.4, 0.5) is 0 Å². The average Bonchev–Trinajstić information content (AvgIpc) is 2.89. The van der Waals surface area contributed by atoms with E-state index in [1.54, 1.807) is 6.20 Å². The molecule has 1 amide bonds. The van der Waals surface area contributed by atoms with Gasteiger partial charge in [0.2, 0.25) is 5.91 Å². The molecule has 0 aliphatic carbocycles. The first-order valence-corrected chi connectivity index (χ1v) is 5.37. The van der Waals surface area contributed by atoms with Gasteiger partial charge in [-0.1, -0.05) is 0 Å². The van der Waals surface area contributed by atoms with E-state index in [4.69, 9.17) is 9.84 Å². The fourth-order valence-corrected chi connectivity index (χ4v) is 2.35. The van der Waals surface area contributed by atoms with Crippen LogP contribution in [0.3, 0.4) is 0 Å². The van der Waals surface area contributed by atoms with Crippen molar-refractivity contribution in [2.75, 3.05) is 6.61 Å². The SMILES string of the molecule is O=C1CC(C(=O)O)C(c2cnc3n2CCO3)N1. The second kappa shape index (κ2) is 3.47. The number of carboxylic acids is 1. The van der Waals surface area contributed by atoms with Crippen LogP contribution in [-0.4, -0.2) is 33.1 Å². The minimum absolute atomic E-state index is 0.0152. The zero-order valence-corrected chi connectivity index (χ0v) is 8.92. The minimum Gasteiger partial charge on any atom is -0.481 e. The molecule has 1 aromatic heterocycles. The lowest BCUT2D eigenvalue weighted by molar-refractivity contribution is -0.142. The van der Waals surface area contributed by atoms with E-state index >= 15 is 0 Å². The largest absolute Gasteiger partial charge is 0.481 e. The van der Waals surface area contributed by atoms with E-state index in [-0.39, 0.29) is 12.3 Å². The summed E-state index contributed by atoms with van der Waals surface area (Å²) in [5.74, 6) is -1.94. The van der Waals surface area contributed by atoms with E-state index in [1.807, 2.05) is 4.57 Å². The molecule has 1 saturated heterocycles. The van der Waals surface area contributed by atoms with Crippen LogP contribution >= 0.6 is 0 Å². The summed E-state index contributed by atoms with van der Waals surface area (Å²) in [7, 11) is 0. The third-order valence-electron chi connectivity index (χ3n) is 3.16. The van der Waals surface area contributed by atoms with E-state index in [9.17, 15) is 9.59 Å². The summed E-state index contributed by atoms with van der Waals surface area (Å²) in [6.07, 6.45) is 1.59. The first-order chi connectivity index (χ1) is 8.16. The molecule has 1 fully saturated rings. The fourth-order valence-electron chi connectivity index (χ4n) is 2.35. The number of aliphatic carboxylic acids is 1. The van der Waals surface area contributed by atoms with Crippen LogP contribution in [0.15, 0.2) is 6.20 Å². The summed E-state index contributed by atoms with van der Waals surface area (Å²) in [6, 6.07) is -0.0202. The van der Waals surface area contributed by atoms with Crippen molar-refractivity contribution in [3.63, 3.8) is 0 Å². The normalized spacial score (nSPS) is 26.5. The number of carbonyl (C=O) groups is 2. The Labute approximate surface area is 96.4 Å². The summed E-state index contributed by atoms with van der Waals surface area (Å²) >= 11 is 0. The molecule has 7 heteroatoms. The van der Waals surface area contributed by atoms with Gasteiger partial charge in [0.15, 0.2) is 0 Å². The van der Waals surface area contributed by atoms with Crippen LogP contribution in [0.5, 0.6) is 6.01 Å². The Bertz CT molecular complexity index is 496. The number of rotatable bonds is 2. The molecule has 0 bridgehead atoms. The van der Waals surface area contributed by atoms with Crippen molar-refractivity contribution in [3.8, 4) is 6.01 Å². The van der Waals surface area contributed by atoms with Crippen LogP contribution in [0, 0.1) is 5.92 Å². The van der Waals surface area contributed by atoms with Crippen molar-refractivity contribution < 1.29 is 19.4 Å². The molecule has 2 aliphatic heterocycles. The van der Waals surface area contributed by atoms with Gasteiger partial charge in [-0.15, -0.1) is 0 Å². The highest BCUT2D eigenvalue weighted by atomic mass is 16.5. The van der Waals surface area contributed by atoms with Gasteiger partial charge in [0.05, 0.1) is 30.4 Å². The van der Waals surface area contributed by atoms with Crippen molar-refractivity contribution in [1.29, 1.82) is 0 Å². The van der Waals surface area contributed by atoms with Crippen molar-refractivity contribution in [2.45, 2.75) is 19.0 Å². The molecular formula is C10H11N3O4. The van der Waals surface area contributed by atoms with Gasteiger partial charge < -0.3 is 15.2 Å². The maximum Gasteiger partial charge on any atom is 0.309 e. The van der Waals surface area contributed by atoms with Crippen LogP contribution in [0.1, 0.15) is 18.2 Å². The molecule has 3 heterocycles. The van der Waals surface area contributed by atoms with E-state index in [2.05, 4.69) is 10.3 Å². The Kier molecular flexibility index (Phi) is 2.07. The molecule has 2 unspecified atom stereocenters. The number of fused-ring (bicyclic) bond motifs is 1. The van der Waals surface area contributed by atoms with Crippen LogP contribution in [0.2, 0.25) is 0 Å². The first-order valence-electron chi connectivity index (χ1n) is 5.37. The molecular weight excluding hydrogens is 226 g/mol. The highest BCUT2D eigenvalue weighted by Crippen LogP contribution is 2.33. The van der Waals surface area contributed by atoms with Gasteiger partial charge in [-0.3, -0.25) is 14.2 Å². The Balaban J connectivity index is 1.97. The smallest absolute Gasteiger partial charge is 0.309 e. The van der Waals surface area contributed by atoms with E-state index in [0.29, 0.717) is 24.9 Å². The second-order valence-electron chi connectivity index (χ2n) is 4.16.